The van der Waals surface area contributed by atoms with E-state index >= 15 is 0 Å². The van der Waals surface area contributed by atoms with Crippen LogP contribution in [0.25, 0.3) is 11.5 Å². The van der Waals surface area contributed by atoms with Crippen molar-refractivity contribution in [2.45, 2.75) is 6.54 Å². The van der Waals surface area contributed by atoms with Gasteiger partial charge in [-0.1, -0.05) is 27.3 Å². The lowest BCUT2D eigenvalue weighted by Gasteiger charge is -1.96. The standard InChI is InChI=1S/C13H9BrN2O2S/c14-10-3-1-9(2-4-10)12-15-11(8-18-12)7-16-5-6-19-13(16)17/h1-6,8H,7H2. The highest BCUT2D eigenvalue weighted by Crippen LogP contribution is 2.21. The van der Waals surface area contributed by atoms with Gasteiger partial charge in [-0.15, -0.1) is 0 Å². The molecule has 0 bridgehead atoms. The van der Waals surface area contributed by atoms with Crippen molar-refractivity contribution < 1.29 is 4.42 Å². The Bertz CT molecular complexity index is 742. The number of nitrogens with zero attached hydrogens (tertiary/aromatic N) is 2. The zero-order chi connectivity index (χ0) is 13.2. The van der Waals surface area contributed by atoms with Gasteiger partial charge < -0.3 is 4.42 Å². The van der Waals surface area contributed by atoms with Gasteiger partial charge in [-0.2, -0.15) is 0 Å². The van der Waals surface area contributed by atoms with Crippen LogP contribution in [0.1, 0.15) is 5.69 Å². The lowest BCUT2D eigenvalue weighted by atomic mass is 10.2. The van der Waals surface area contributed by atoms with Gasteiger partial charge in [0, 0.05) is 21.6 Å². The second-order valence-corrected chi connectivity index (χ2v) is 5.72. The lowest BCUT2D eigenvalue weighted by Crippen LogP contribution is -2.12. The largest absolute Gasteiger partial charge is 0.444 e. The number of halogens is 1. The smallest absolute Gasteiger partial charge is 0.307 e. The van der Waals surface area contributed by atoms with E-state index in [4.69, 9.17) is 4.42 Å². The van der Waals surface area contributed by atoms with E-state index in [0.717, 1.165) is 15.7 Å². The average molecular weight is 337 g/mol. The Morgan fingerprint density at radius 2 is 2.11 bits per heavy atom. The second-order valence-electron chi connectivity index (χ2n) is 3.95. The van der Waals surface area contributed by atoms with E-state index in [1.165, 1.54) is 11.3 Å². The van der Waals surface area contributed by atoms with Crippen molar-refractivity contribution in [1.82, 2.24) is 9.55 Å². The summed E-state index contributed by atoms with van der Waals surface area (Å²) in [5.74, 6) is 0.561. The molecule has 0 fully saturated rings. The molecular formula is C13H9BrN2O2S. The maximum atomic E-state index is 11.5. The molecular weight excluding hydrogens is 328 g/mol. The van der Waals surface area contributed by atoms with Crippen LogP contribution in [0.5, 0.6) is 0 Å². The molecule has 0 unspecified atom stereocenters. The first kappa shape index (κ1) is 12.4. The zero-order valence-corrected chi connectivity index (χ0v) is 12.1. The van der Waals surface area contributed by atoms with Crippen LogP contribution in [0.2, 0.25) is 0 Å². The number of oxazole rings is 1. The van der Waals surface area contributed by atoms with Crippen LogP contribution in [0.15, 0.2) is 55.8 Å². The van der Waals surface area contributed by atoms with E-state index in [1.807, 2.05) is 24.3 Å². The maximum Gasteiger partial charge on any atom is 0.307 e. The minimum absolute atomic E-state index is 0.00758. The highest BCUT2D eigenvalue weighted by atomic mass is 79.9. The molecule has 4 nitrogen and oxygen atoms in total. The minimum Gasteiger partial charge on any atom is -0.444 e. The van der Waals surface area contributed by atoms with Gasteiger partial charge in [-0.25, -0.2) is 4.98 Å². The van der Waals surface area contributed by atoms with E-state index in [9.17, 15) is 4.79 Å². The number of hydrogen-bond donors (Lipinski definition) is 0. The summed E-state index contributed by atoms with van der Waals surface area (Å²) < 4.78 is 8.05. The van der Waals surface area contributed by atoms with Gasteiger partial charge in [0.1, 0.15) is 6.26 Å². The summed E-state index contributed by atoms with van der Waals surface area (Å²) in [6, 6.07) is 7.72. The molecule has 19 heavy (non-hydrogen) atoms. The van der Waals surface area contributed by atoms with Gasteiger partial charge in [0.15, 0.2) is 0 Å². The molecule has 0 spiro atoms. The first-order valence-corrected chi connectivity index (χ1v) is 7.24. The number of rotatable bonds is 3. The average Bonchev–Trinajstić information content (AvgIpc) is 3.01. The Kier molecular flexibility index (Phi) is 3.35. The van der Waals surface area contributed by atoms with E-state index in [1.54, 1.807) is 22.4 Å². The van der Waals surface area contributed by atoms with Crippen LogP contribution >= 0.6 is 27.3 Å². The fourth-order valence-corrected chi connectivity index (χ4v) is 2.54. The third-order valence-electron chi connectivity index (χ3n) is 2.62. The SMILES string of the molecule is O=c1sccn1Cc1coc(-c2ccc(Br)cc2)n1. The third kappa shape index (κ3) is 2.69. The molecule has 0 aliphatic rings. The highest BCUT2D eigenvalue weighted by Gasteiger charge is 2.08. The molecule has 0 aliphatic heterocycles. The maximum absolute atomic E-state index is 11.5. The van der Waals surface area contributed by atoms with E-state index < -0.39 is 0 Å². The highest BCUT2D eigenvalue weighted by molar-refractivity contribution is 9.10. The summed E-state index contributed by atoms with van der Waals surface area (Å²) in [6.07, 6.45) is 3.34. The van der Waals surface area contributed by atoms with Gasteiger partial charge in [-0.3, -0.25) is 9.36 Å². The number of thiazole rings is 1. The Morgan fingerprint density at radius 1 is 1.32 bits per heavy atom. The monoisotopic (exact) mass is 336 g/mol. The molecule has 0 saturated heterocycles. The quantitative estimate of drug-likeness (QED) is 0.736. The third-order valence-corrected chi connectivity index (χ3v) is 3.84. The second kappa shape index (κ2) is 5.14. The molecule has 0 radical (unpaired) electrons. The van der Waals surface area contributed by atoms with Crippen molar-refractivity contribution in [3.63, 3.8) is 0 Å². The van der Waals surface area contributed by atoms with Gasteiger partial charge >= 0.3 is 4.87 Å². The van der Waals surface area contributed by atoms with Crippen LogP contribution < -0.4 is 4.87 Å². The number of hydrogen-bond acceptors (Lipinski definition) is 4. The van der Waals surface area contributed by atoms with Crippen molar-refractivity contribution in [1.29, 1.82) is 0 Å². The molecule has 3 rings (SSSR count). The Balaban J connectivity index is 1.85. The molecule has 0 amide bonds. The van der Waals surface area contributed by atoms with E-state index in [0.29, 0.717) is 12.4 Å². The minimum atomic E-state index is 0.00758. The van der Waals surface area contributed by atoms with Crippen molar-refractivity contribution >= 4 is 27.3 Å². The Hall–Kier alpha value is -1.66. The van der Waals surface area contributed by atoms with Crippen molar-refractivity contribution in [2.75, 3.05) is 0 Å². The molecule has 0 atom stereocenters. The molecule has 0 N–H and O–H groups in total. The van der Waals surface area contributed by atoms with Crippen LogP contribution in [0.3, 0.4) is 0 Å². The Morgan fingerprint density at radius 3 is 2.79 bits per heavy atom. The summed E-state index contributed by atoms with van der Waals surface area (Å²) in [7, 11) is 0. The topological polar surface area (TPSA) is 48.0 Å². The van der Waals surface area contributed by atoms with Crippen molar-refractivity contribution in [3.05, 3.63) is 61.9 Å². The van der Waals surface area contributed by atoms with Gasteiger partial charge in [-0.05, 0) is 24.3 Å². The fourth-order valence-electron chi connectivity index (χ4n) is 1.69. The summed E-state index contributed by atoms with van der Waals surface area (Å²) in [5, 5.41) is 1.76. The summed E-state index contributed by atoms with van der Waals surface area (Å²) in [5.41, 5.74) is 1.64. The molecule has 0 aliphatic carbocycles. The van der Waals surface area contributed by atoms with Crippen molar-refractivity contribution in [2.24, 2.45) is 0 Å². The van der Waals surface area contributed by atoms with Gasteiger partial charge in [0.25, 0.3) is 0 Å². The molecule has 3 aromatic rings. The molecule has 96 valence electrons. The van der Waals surface area contributed by atoms with Crippen LogP contribution in [0.4, 0.5) is 0 Å². The van der Waals surface area contributed by atoms with Gasteiger partial charge in [0.2, 0.25) is 5.89 Å². The van der Waals surface area contributed by atoms with Crippen LogP contribution in [-0.2, 0) is 6.54 Å². The molecule has 0 saturated carbocycles. The van der Waals surface area contributed by atoms with Crippen LogP contribution in [0, 0.1) is 0 Å². The first-order chi connectivity index (χ1) is 9.22. The molecule has 1 aromatic carbocycles. The summed E-state index contributed by atoms with van der Waals surface area (Å²) in [6.45, 7) is 0.433. The van der Waals surface area contributed by atoms with Gasteiger partial charge in [0.05, 0.1) is 12.2 Å². The van der Waals surface area contributed by atoms with E-state index in [-0.39, 0.29) is 4.87 Å². The predicted octanol–water partition coefficient (Wildman–Crippen LogP) is 3.38. The lowest BCUT2D eigenvalue weighted by molar-refractivity contribution is 0.571. The number of aromatic nitrogens is 2. The first-order valence-electron chi connectivity index (χ1n) is 5.56. The summed E-state index contributed by atoms with van der Waals surface area (Å²) in [4.78, 5) is 15.9. The summed E-state index contributed by atoms with van der Waals surface area (Å²) >= 11 is 4.56. The Labute approximate surface area is 121 Å². The normalized spacial score (nSPS) is 10.8. The van der Waals surface area contributed by atoms with Crippen molar-refractivity contribution in [3.8, 4) is 11.5 Å². The molecule has 6 heteroatoms. The molecule has 2 heterocycles. The van der Waals surface area contributed by atoms with E-state index in [2.05, 4.69) is 20.9 Å². The predicted molar refractivity (Wildman–Crippen MR) is 77.3 cm³/mol. The zero-order valence-electron chi connectivity index (χ0n) is 9.75. The van der Waals surface area contributed by atoms with Crippen LogP contribution in [-0.4, -0.2) is 9.55 Å². The molecule has 2 aromatic heterocycles. The fraction of sp³-hybridized carbons (Fsp3) is 0.0769. The number of benzene rings is 1.